The van der Waals surface area contributed by atoms with Gasteiger partial charge in [-0.05, 0) is 0 Å². The van der Waals surface area contributed by atoms with Crippen molar-refractivity contribution in [1.29, 1.82) is 0 Å². The van der Waals surface area contributed by atoms with Gasteiger partial charge in [0.05, 0.1) is 37.8 Å². The monoisotopic (exact) mass is 462 g/mol. The predicted octanol–water partition coefficient (Wildman–Crippen LogP) is 3.72. The Labute approximate surface area is 201 Å². The van der Waals surface area contributed by atoms with Crippen LogP contribution >= 0.6 is 0 Å². The van der Waals surface area contributed by atoms with Crippen LogP contribution in [0.2, 0.25) is 0 Å². The lowest BCUT2D eigenvalue weighted by Gasteiger charge is -2.37. The van der Waals surface area contributed by atoms with Crippen LogP contribution in [0.3, 0.4) is 0 Å². The first-order valence-electron chi connectivity index (χ1n) is 12.1. The van der Waals surface area contributed by atoms with Crippen molar-refractivity contribution >= 4 is 0 Å². The van der Waals surface area contributed by atoms with E-state index in [1.54, 1.807) is 0 Å². The first kappa shape index (κ1) is 23.2. The molecule has 0 spiro atoms. The fourth-order valence-corrected chi connectivity index (χ4v) is 4.48. The third-order valence-corrected chi connectivity index (χ3v) is 6.48. The summed E-state index contributed by atoms with van der Waals surface area (Å²) in [5.74, 6) is 0.708. The van der Waals surface area contributed by atoms with Gasteiger partial charge >= 0.3 is 0 Å². The number of aromatic nitrogens is 2. The number of rotatable bonds is 8. The average Bonchev–Trinajstić information content (AvgIpc) is 3.34. The van der Waals surface area contributed by atoms with Gasteiger partial charge in [-0.3, -0.25) is 4.90 Å². The van der Waals surface area contributed by atoms with Gasteiger partial charge < -0.3 is 24.5 Å². The van der Waals surface area contributed by atoms with Crippen molar-refractivity contribution in [1.82, 2.24) is 20.2 Å². The molecular weight excluding hydrogens is 428 g/mol. The Morgan fingerprint density at radius 2 is 1.62 bits per heavy atom. The molecule has 2 aromatic carbocycles. The van der Waals surface area contributed by atoms with E-state index < -0.39 is 6.29 Å². The van der Waals surface area contributed by atoms with E-state index in [1.165, 1.54) is 0 Å². The Bertz CT molecular complexity index is 970. The number of hydrogen-bond acceptors (Lipinski definition) is 6. The molecule has 180 valence electrons. The van der Waals surface area contributed by atoms with Crippen LogP contribution in [0, 0.1) is 5.41 Å². The van der Waals surface area contributed by atoms with E-state index in [9.17, 15) is 0 Å². The predicted molar refractivity (Wildman–Crippen MR) is 132 cm³/mol. The summed E-state index contributed by atoms with van der Waals surface area (Å²) in [5.41, 5.74) is 3.97. The van der Waals surface area contributed by atoms with Crippen LogP contribution in [0.5, 0.6) is 0 Å². The van der Waals surface area contributed by atoms with Gasteiger partial charge in [-0.1, -0.05) is 67.6 Å². The van der Waals surface area contributed by atoms with Gasteiger partial charge in [-0.2, -0.15) is 0 Å². The fourth-order valence-electron chi connectivity index (χ4n) is 4.48. The SMILES string of the molecule is C[C@]1(CNCCN2CCOCC2)CO[C@@H](c2nc(-c3ccccc3)c(-c3ccccc3)[nH]2)OC1. The molecular formula is C27H34N4O3. The van der Waals surface area contributed by atoms with E-state index >= 15 is 0 Å². The lowest BCUT2D eigenvalue weighted by Crippen LogP contribution is -2.46. The Hall–Kier alpha value is -2.55. The largest absolute Gasteiger partial charge is 0.379 e. The van der Waals surface area contributed by atoms with Crippen LogP contribution < -0.4 is 5.32 Å². The summed E-state index contributed by atoms with van der Waals surface area (Å²) in [5, 5.41) is 3.59. The van der Waals surface area contributed by atoms with E-state index in [0.29, 0.717) is 19.0 Å². The van der Waals surface area contributed by atoms with Crippen LogP contribution in [-0.4, -0.2) is 74.0 Å². The van der Waals surface area contributed by atoms with Crippen molar-refractivity contribution in [2.45, 2.75) is 13.2 Å². The molecule has 0 aliphatic carbocycles. The first-order valence-corrected chi connectivity index (χ1v) is 12.1. The summed E-state index contributed by atoms with van der Waals surface area (Å²) in [6, 6.07) is 20.5. The van der Waals surface area contributed by atoms with Crippen molar-refractivity contribution in [3.05, 3.63) is 66.5 Å². The molecule has 1 aromatic heterocycles. The standard InChI is InChI=1S/C27H34N4O3/c1-27(18-28-12-13-31-14-16-32-17-15-31)19-33-26(34-20-27)25-29-23(21-8-4-2-5-9-21)24(30-25)22-10-6-3-7-11-22/h2-11,26,28H,12-20H2,1H3,(H,29,30)/t26-,27+. The van der Waals surface area contributed by atoms with Gasteiger partial charge in [0.15, 0.2) is 5.82 Å². The maximum absolute atomic E-state index is 6.18. The van der Waals surface area contributed by atoms with Crippen LogP contribution in [0.1, 0.15) is 19.0 Å². The normalized spacial score (nSPS) is 23.7. The zero-order valence-electron chi connectivity index (χ0n) is 19.8. The van der Waals surface area contributed by atoms with Crippen LogP contribution in [-0.2, 0) is 14.2 Å². The zero-order chi connectivity index (χ0) is 23.2. The smallest absolute Gasteiger partial charge is 0.217 e. The van der Waals surface area contributed by atoms with E-state index in [1.807, 2.05) is 36.4 Å². The van der Waals surface area contributed by atoms with Gasteiger partial charge in [0, 0.05) is 49.3 Å². The number of nitrogens with one attached hydrogen (secondary N) is 2. The topological polar surface area (TPSA) is 71.6 Å². The molecule has 2 N–H and O–H groups in total. The minimum absolute atomic E-state index is 0.0708. The van der Waals surface area contributed by atoms with Crippen molar-refractivity contribution < 1.29 is 14.2 Å². The van der Waals surface area contributed by atoms with Crippen molar-refractivity contribution in [3.8, 4) is 22.5 Å². The van der Waals surface area contributed by atoms with Gasteiger partial charge in [0.2, 0.25) is 6.29 Å². The Morgan fingerprint density at radius 3 is 2.29 bits per heavy atom. The van der Waals surface area contributed by atoms with E-state index in [-0.39, 0.29) is 5.41 Å². The molecule has 2 fully saturated rings. The number of nitrogens with zero attached hydrogens (tertiary/aromatic N) is 2. The van der Waals surface area contributed by atoms with Crippen molar-refractivity contribution in [2.75, 3.05) is 59.2 Å². The third kappa shape index (κ3) is 5.56. The average molecular weight is 463 g/mol. The lowest BCUT2D eigenvalue weighted by atomic mass is 9.92. The van der Waals surface area contributed by atoms with Crippen molar-refractivity contribution in [3.63, 3.8) is 0 Å². The highest BCUT2D eigenvalue weighted by Crippen LogP contribution is 2.35. The molecule has 0 amide bonds. The van der Waals surface area contributed by atoms with Gasteiger partial charge in [0.1, 0.15) is 0 Å². The summed E-state index contributed by atoms with van der Waals surface area (Å²) in [4.78, 5) is 10.8. The Kier molecular flexibility index (Phi) is 7.37. The molecule has 3 aromatic rings. The molecule has 3 heterocycles. The van der Waals surface area contributed by atoms with E-state index in [4.69, 9.17) is 19.2 Å². The molecule has 0 atom stereocenters. The molecule has 2 aliphatic rings. The number of H-pyrrole nitrogens is 1. The number of hydrogen-bond donors (Lipinski definition) is 2. The second kappa shape index (κ2) is 10.8. The number of imidazole rings is 1. The number of aromatic amines is 1. The fraction of sp³-hybridized carbons (Fsp3) is 0.444. The molecule has 0 unspecified atom stereocenters. The van der Waals surface area contributed by atoms with E-state index in [2.05, 4.69) is 46.4 Å². The molecule has 5 rings (SSSR count). The van der Waals surface area contributed by atoms with Crippen LogP contribution in [0.15, 0.2) is 60.7 Å². The van der Waals surface area contributed by atoms with Gasteiger partial charge in [-0.25, -0.2) is 4.98 Å². The highest BCUT2D eigenvalue weighted by atomic mass is 16.7. The van der Waals surface area contributed by atoms with Gasteiger partial charge in [0.25, 0.3) is 0 Å². The summed E-state index contributed by atoms with van der Waals surface area (Å²) < 4.78 is 17.8. The molecule has 7 nitrogen and oxygen atoms in total. The third-order valence-electron chi connectivity index (χ3n) is 6.48. The lowest BCUT2D eigenvalue weighted by molar-refractivity contribution is -0.232. The Balaban J connectivity index is 1.22. The number of benzene rings is 2. The maximum atomic E-state index is 6.18. The Morgan fingerprint density at radius 1 is 0.971 bits per heavy atom. The van der Waals surface area contributed by atoms with Crippen LogP contribution in [0.25, 0.3) is 22.5 Å². The molecule has 34 heavy (non-hydrogen) atoms. The number of morpholine rings is 1. The second-order valence-corrected chi connectivity index (χ2v) is 9.47. The highest BCUT2D eigenvalue weighted by molar-refractivity contribution is 5.78. The van der Waals surface area contributed by atoms with Gasteiger partial charge in [-0.15, -0.1) is 0 Å². The summed E-state index contributed by atoms with van der Waals surface area (Å²) in [6.45, 7) is 10.0. The molecule has 0 radical (unpaired) electrons. The van der Waals surface area contributed by atoms with E-state index in [0.717, 1.165) is 68.5 Å². The summed E-state index contributed by atoms with van der Waals surface area (Å²) >= 11 is 0. The molecule has 7 heteroatoms. The first-order chi connectivity index (χ1) is 16.7. The number of ether oxygens (including phenoxy) is 3. The molecule has 2 saturated heterocycles. The maximum Gasteiger partial charge on any atom is 0.217 e. The van der Waals surface area contributed by atoms with Crippen LogP contribution in [0.4, 0.5) is 0 Å². The van der Waals surface area contributed by atoms with Crippen molar-refractivity contribution in [2.24, 2.45) is 5.41 Å². The second-order valence-electron chi connectivity index (χ2n) is 9.47. The highest BCUT2D eigenvalue weighted by Gasteiger charge is 2.35. The molecule has 2 aliphatic heterocycles. The summed E-state index contributed by atoms with van der Waals surface area (Å²) in [6.07, 6.45) is -0.499. The minimum Gasteiger partial charge on any atom is -0.379 e. The zero-order valence-corrected chi connectivity index (χ0v) is 19.8. The molecule has 0 saturated carbocycles. The molecule has 0 bridgehead atoms. The quantitative estimate of drug-likeness (QED) is 0.497. The minimum atomic E-state index is -0.499. The summed E-state index contributed by atoms with van der Waals surface area (Å²) in [7, 11) is 0.